The van der Waals surface area contributed by atoms with Gasteiger partial charge in [0.05, 0.1) is 16.5 Å². The van der Waals surface area contributed by atoms with Gasteiger partial charge in [0.1, 0.15) is 0 Å². The van der Waals surface area contributed by atoms with Crippen LogP contribution in [0.4, 0.5) is 0 Å². The first-order chi connectivity index (χ1) is 13.3. The predicted octanol–water partition coefficient (Wildman–Crippen LogP) is 4.17. The van der Waals surface area contributed by atoms with E-state index >= 15 is 0 Å². The quantitative estimate of drug-likeness (QED) is 0.421. The summed E-state index contributed by atoms with van der Waals surface area (Å²) in [6.45, 7) is 4.32. The molecular formula is C25H22N2+2. The molecule has 2 aliphatic rings. The molecule has 0 fully saturated rings. The van der Waals surface area contributed by atoms with E-state index in [-0.39, 0.29) is 0 Å². The summed E-state index contributed by atoms with van der Waals surface area (Å²) >= 11 is 0. The highest BCUT2D eigenvalue weighted by Gasteiger charge is 2.34. The van der Waals surface area contributed by atoms with Crippen molar-refractivity contribution in [1.82, 2.24) is 0 Å². The zero-order valence-corrected chi connectivity index (χ0v) is 15.6. The van der Waals surface area contributed by atoms with E-state index in [2.05, 4.69) is 83.0 Å². The van der Waals surface area contributed by atoms with Gasteiger partial charge in [-0.25, -0.2) is 0 Å². The molecule has 0 radical (unpaired) electrons. The molecule has 2 aromatic carbocycles. The SMILES string of the molecule is Cc1cc[n+]2c(c1)-c1c(ccc3c1-c1c4ccccc4cc[n+]1CC3)CC2. The van der Waals surface area contributed by atoms with Crippen molar-refractivity contribution in [2.75, 3.05) is 0 Å². The van der Waals surface area contributed by atoms with Crippen molar-refractivity contribution in [3.05, 3.63) is 83.7 Å². The first kappa shape index (κ1) is 15.1. The zero-order chi connectivity index (χ0) is 18.0. The van der Waals surface area contributed by atoms with Crippen molar-refractivity contribution in [2.45, 2.75) is 32.9 Å². The van der Waals surface area contributed by atoms with Gasteiger partial charge in [-0.1, -0.05) is 30.3 Å². The summed E-state index contributed by atoms with van der Waals surface area (Å²) in [5, 5.41) is 2.68. The predicted molar refractivity (Wildman–Crippen MR) is 107 cm³/mol. The second-order valence-corrected chi connectivity index (χ2v) is 7.86. The Morgan fingerprint density at radius 3 is 2.37 bits per heavy atom. The second kappa shape index (κ2) is 5.50. The molecule has 2 aromatic heterocycles. The van der Waals surface area contributed by atoms with Crippen molar-refractivity contribution in [3.63, 3.8) is 0 Å². The molecule has 130 valence electrons. The van der Waals surface area contributed by atoms with Crippen LogP contribution in [0.1, 0.15) is 16.7 Å². The molecule has 0 N–H and O–H groups in total. The van der Waals surface area contributed by atoms with Gasteiger partial charge in [0.25, 0.3) is 0 Å². The van der Waals surface area contributed by atoms with Gasteiger partial charge >= 0.3 is 0 Å². The van der Waals surface area contributed by atoms with E-state index in [1.165, 1.54) is 50.0 Å². The van der Waals surface area contributed by atoms with Gasteiger partial charge < -0.3 is 0 Å². The summed E-state index contributed by atoms with van der Waals surface area (Å²) in [6, 6.07) is 20.4. The van der Waals surface area contributed by atoms with Crippen molar-refractivity contribution in [2.24, 2.45) is 0 Å². The molecule has 0 spiro atoms. The van der Waals surface area contributed by atoms with Gasteiger partial charge in [0.15, 0.2) is 25.5 Å². The summed E-state index contributed by atoms with van der Waals surface area (Å²) in [5.74, 6) is 0. The van der Waals surface area contributed by atoms with Gasteiger partial charge in [-0.15, -0.1) is 0 Å². The van der Waals surface area contributed by atoms with Crippen LogP contribution in [-0.2, 0) is 25.9 Å². The highest BCUT2D eigenvalue weighted by atomic mass is 15.0. The average molecular weight is 350 g/mol. The Labute approximate surface area is 159 Å². The topological polar surface area (TPSA) is 7.76 Å². The molecule has 0 atom stereocenters. The normalized spacial score (nSPS) is 14.3. The number of aromatic nitrogens is 2. The van der Waals surface area contributed by atoms with Crippen LogP contribution in [0.2, 0.25) is 0 Å². The molecular weight excluding hydrogens is 328 g/mol. The Bertz CT molecular complexity index is 1240. The van der Waals surface area contributed by atoms with Gasteiger partial charge in [-0.3, -0.25) is 0 Å². The van der Waals surface area contributed by atoms with Crippen LogP contribution in [0.5, 0.6) is 0 Å². The number of hydrogen-bond donors (Lipinski definition) is 0. The second-order valence-electron chi connectivity index (χ2n) is 7.86. The third kappa shape index (κ3) is 2.13. The number of nitrogens with zero attached hydrogens (tertiary/aromatic N) is 2. The van der Waals surface area contributed by atoms with Crippen LogP contribution in [0.15, 0.2) is 67.0 Å². The molecule has 0 saturated heterocycles. The molecule has 4 aromatic rings. The summed E-state index contributed by atoms with van der Waals surface area (Å²) in [7, 11) is 0. The zero-order valence-electron chi connectivity index (χ0n) is 15.6. The fourth-order valence-electron chi connectivity index (χ4n) is 4.92. The summed E-state index contributed by atoms with van der Waals surface area (Å²) in [4.78, 5) is 0. The van der Waals surface area contributed by atoms with Crippen molar-refractivity contribution in [3.8, 4) is 22.5 Å². The van der Waals surface area contributed by atoms with E-state index in [1.807, 2.05) is 0 Å². The molecule has 0 unspecified atom stereocenters. The summed E-state index contributed by atoms with van der Waals surface area (Å²) in [5.41, 5.74) is 9.96. The first-order valence-electron chi connectivity index (χ1n) is 9.86. The van der Waals surface area contributed by atoms with Crippen LogP contribution in [0.3, 0.4) is 0 Å². The maximum absolute atomic E-state index is 2.46. The van der Waals surface area contributed by atoms with Crippen LogP contribution >= 0.6 is 0 Å². The standard InChI is InChI=1S/C25H22N2/c1-17-8-12-26-13-10-19-6-7-20-11-15-27-14-9-18-4-2-3-5-21(18)25(27)24(20)23(19)22(26)16-17/h2-9,12,14,16H,10-11,13,15H2,1H3/q+2. The number of fused-ring (bicyclic) bond motifs is 9. The number of pyridine rings is 2. The Hall–Kier alpha value is -3.00. The lowest BCUT2D eigenvalue weighted by Gasteiger charge is -2.23. The minimum absolute atomic E-state index is 1.06. The van der Waals surface area contributed by atoms with E-state index in [1.54, 1.807) is 0 Å². The highest BCUT2D eigenvalue weighted by molar-refractivity contribution is 5.98. The summed E-state index contributed by atoms with van der Waals surface area (Å²) in [6.07, 6.45) is 6.73. The van der Waals surface area contributed by atoms with Crippen molar-refractivity contribution < 1.29 is 9.13 Å². The molecule has 0 bridgehead atoms. The lowest BCUT2D eigenvalue weighted by atomic mass is 9.84. The lowest BCUT2D eigenvalue weighted by Crippen LogP contribution is -2.43. The maximum Gasteiger partial charge on any atom is 0.221 e. The maximum atomic E-state index is 2.46. The van der Waals surface area contributed by atoms with Crippen molar-refractivity contribution in [1.29, 1.82) is 0 Å². The number of aryl methyl sites for hydroxylation is 5. The van der Waals surface area contributed by atoms with Gasteiger partial charge in [0, 0.05) is 31.0 Å². The molecule has 2 nitrogen and oxygen atoms in total. The minimum Gasteiger partial charge on any atom is -0.198 e. The fourth-order valence-corrected chi connectivity index (χ4v) is 4.92. The molecule has 2 aliphatic heterocycles. The monoisotopic (exact) mass is 350 g/mol. The Balaban J connectivity index is 1.77. The van der Waals surface area contributed by atoms with E-state index in [0.29, 0.717) is 0 Å². The van der Waals surface area contributed by atoms with E-state index < -0.39 is 0 Å². The van der Waals surface area contributed by atoms with Crippen LogP contribution < -0.4 is 9.13 Å². The number of benzene rings is 2. The third-order valence-electron chi connectivity index (χ3n) is 6.24. The molecule has 4 heterocycles. The first-order valence-corrected chi connectivity index (χ1v) is 9.86. The largest absolute Gasteiger partial charge is 0.221 e. The molecule has 2 heteroatoms. The molecule has 0 amide bonds. The Morgan fingerprint density at radius 1 is 0.741 bits per heavy atom. The molecule has 27 heavy (non-hydrogen) atoms. The van der Waals surface area contributed by atoms with E-state index in [9.17, 15) is 0 Å². The fraction of sp³-hybridized carbons (Fsp3) is 0.200. The Kier molecular flexibility index (Phi) is 3.07. The van der Waals surface area contributed by atoms with E-state index in [4.69, 9.17) is 0 Å². The van der Waals surface area contributed by atoms with Gasteiger partial charge in [-0.2, -0.15) is 9.13 Å². The number of hydrogen-bond acceptors (Lipinski definition) is 0. The van der Waals surface area contributed by atoms with E-state index in [0.717, 1.165) is 25.9 Å². The molecule has 0 saturated carbocycles. The van der Waals surface area contributed by atoms with Crippen LogP contribution in [0.25, 0.3) is 33.3 Å². The van der Waals surface area contributed by atoms with Crippen LogP contribution in [0, 0.1) is 6.92 Å². The highest BCUT2D eigenvalue weighted by Crippen LogP contribution is 2.41. The summed E-state index contributed by atoms with van der Waals surface area (Å²) < 4.78 is 4.89. The average Bonchev–Trinajstić information content (AvgIpc) is 2.72. The molecule has 6 rings (SSSR count). The third-order valence-corrected chi connectivity index (χ3v) is 6.24. The van der Waals surface area contributed by atoms with Gasteiger partial charge in [-0.05, 0) is 35.1 Å². The lowest BCUT2D eigenvalue weighted by molar-refractivity contribution is -0.689. The smallest absolute Gasteiger partial charge is 0.198 e. The van der Waals surface area contributed by atoms with Gasteiger partial charge in [0.2, 0.25) is 11.4 Å². The number of rotatable bonds is 0. The Morgan fingerprint density at radius 2 is 1.48 bits per heavy atom. The van der Waals surface area contributed by atoms with Crippen LogP contribution in [-0.4, -0.2) is 0 Å². The molecule has 0 aliphatic carbocycles. The minimum atomic E-state index is 1.06. The van der Waals surface area contributed by atoms with Crippen molar-refractivity contribution >= 4 is 10.8 Å².